The van der Waals surface area contributed by atoms with E-state index >= 15 is 0 Å². The number of benzene rings is 1. The Kier molecular flexibility index (Phi) is 2.64. The van der Waals surface area contributed by atoms with Crippen LogP contribution in [0.5, 0.6) is 5.75 Å². The molecule has 0 atom stereocenters. The third kappa shape index (κ3) is 1.91. The van der Waals surface area contributed by atoms with Gasteiger partial charge < -0.3 is 15.0 Å². The highest BCUT2D eigenvalue weighted by atomic mass is 16.3. The van der Waals surface area contributed by atoms with Gasteiger partial charge in [-0.2, -0.15) is 0 Å². The van der Waals surface area contributed by atoms with Gasteiger partial charge >= 0.3 is 0 Å². The second-order valence-electron chi connectivity index (χ2n) is 3.47. The number of rotatable bonds is 2. The molecule has 0 aliphatic rings. The molecule has 0 spiro atoms. The Morgan fingerprint density at radius 1 is 1.31 bits per heavy atom. The number of H-pyrrole nitrogens is 1. The quantitative estimate of drug-likeness (QED) is 0.806. The Balaban J connectivity index is 2.26. The van der Waals surface area contributed by atoms with E-state index in [0.717, 1.165) is 0 Å². The topological polar surface area (TPSA) is 56.3 Å². The summed E-state index contributed by atoms with van der Waals surface area (Å²) in [6, 6.07) is 10.0. The summed E-state index contributed by atoms with van der Waals surface area (Å²) in [5, 5.41) is 9.33. The van der Waals surface area contributed by atoms with E-state index in [0.29, 0.717) is 11.4 Å². The first kappa shape index (κ1) is 10.3. The van der Waals surface area contributed by atoms with Gasteiger partial charge in [0, 0.05) is 25.0 Å². The number of phenolic OH excluding ortho intramolecular Hbond substituents is 1. The van der Waals surface area contributed by atoms with Gasteiger partial charge in [0.25, 0.3) is 5.91 Å². The number of aromatic amines is 1. The van der Waals surface area contributed by atoms with Crippen LogP contribution in [-0.2, 0) is 0 Å². The molecule has 16 heavy (non-hydrogen) atoms. The van der Waals surface area contributed by atoms with Crippen molar-refractivity contribution in [2.75, 3.05) is 11.9 Å². The second-order valence-corrected chi connectivity index (χ2v) is 3.47. The van der Waals surface area contributed by atoms with Crippen molar-refractivity contribution in [3.05, 3.63) is 48.3 Å². The van der Waals surface area contributed by atoms with Crippen LogP contribution in [0.2, 0.25) is 0 Å². The van der Waals surface area contributed by atoms with E-state index in [-0.39, 0.29) is 11.7 Å². The summed E-state index contributed by atoms with van der Waals surface area (Å²) in [6.07, 6.45) is 1.70. The lowest BCUT2D eigenvalue weighted by molar-refractivity contribution is 0.0989. The predicted octanol–water partition coefficient (Wildman–Crippen LogP) is 2.00. The van der Waals surface area contributed by atoms with Crippen LogP contribution in [0.15, 0.2) is 42.6 Å². The summed E-state index contributed by atoms with van der Waals surface area (Å²) in [5.41, 5.74) is 1.17. The molecule has 1 amide bonds. The van der Waals surface area contributed by atoms with Crippen molar-refractivity contribution >= 4 is 11.6 Å². The molecule has 2 N–H and O–H groups in total. The zero-order valence-corrected chi connectivity index (χ0v) is 8.84. The lowest BCUT2D eigenvalue weighted by atomic mass is 10.2. The van der Waals surface area contributed by atoms with E-state index in [2.05, 4.69) is 4.98 Å². The molecule has 0 fully saturated rings. The van der Waals surface area contributed by atoms with E-state index in [9.17, 15) is 9.90 Å². The third-order valence-corrected chi connectivity index (χ3v) is 2.35. The SMILES string of the molecule is CN(C(=O)c1ccc[nH]1)c1cccc(O)c1. The second kappa shape index (κ2) is 4.10. The zero-order valence-electron chi connectivity index (χ0n) is 8.84. The molecule has 4 nitrogen and oxygen atoms in total. The molecule has 0 unspecified atom stereocenters. The van der Waals surface area contributed by atoms with Crippen molar-refractivity contribution in [3.8, 4) is 5.75 Å². The first-order valence-corrected chi connectivity index (χ1v) is 4.89. The van der Waals surface area contributed by atoms with E-state index < -0.39 is 0 Å². The molecule has 0 aliphatic heterocycles. The van der Waals surface area contributed by atoms with Crippen LogP contribution in [0.1, 0.15) is 10.5 Å². The number of anilines is 1. The van der Waals surface area contributed by atoms with Gasteiger partial charge in [-0.15, -0.1) is 0 Å². The van der Waals surface area contributed by atoms with Crippen LogP contribution in [0.3, 0.4) is 0 Å². The highest BCUT2D eigenvalue weighted by Crippen LogP contribution is 2.20. The van der Waals surface area contributed by atoms with Crippen LogP contribution in [0.25, 0.3) is 0 Å². The molecule has 2 rings (SSSR count). The fourth-order valence-corrected chi connectivity index (χ4v) is 1.46. The van der Waals surface area contributed by atoms with Gasteiger partial charge in [-0.3, -0.25) is 4.79 Å². The standard InChI is InChI=1S/C12H12N2O2/c1-14(9-4-2-5-10(15)8-9)12(16)11-6-3-7-13-11/h2-8,13,15H,1H3. The van der Waals surface area contributed by atoms with E-state index in [4.69, 9.17) is 0 Å². The van der Waals surface area contributed by atoms with Crippen molar-refractivity contribution in [1.29, 1.82) is 0 Å². The number of hydrogen-bond acceptors (Lipinski definition) is 2. The minimum absolute atomic E-state index is 0.142. The maximum atomic E-state index is 11.9. The minimum Gasteiger partial charge on any atom is -0.508 e. The van der Waals surface area contributed by atoms with Gasteiger partial charge in [-0.1, -0.05) is 6.07 Å². The van der Waals surface area contributed by atoms with E-state index in [1.165, 1.54) is 4.90 Å². The molecule has 2 aromatic rings. The number of nitrogens with zero attached hydrogens (tertiary/aromatic N) is 1. The fourth-order valence-electron chi connectivity index (χ4n) is 1.46. The number of carbonyl (C=O) groups is 1. The lowest BCUT2D eigenvalue weighted by Crippen LogP contribution is -2.26. The number of carbonyl (C=O) groups excluding carboxylic acids is 1. The summed E-state index contributed by atoms with van der Waals surface area (Å²) in [5.74, 6) is -0.000708. The minimum atomic E-state index is -0.143. The number of phenols is 1. The molecule has 4 heteroatoms. The average Bonchev–Trinajstić information content (AvgIpc) is 2.80. The van der Waals surface area contributed by atoms with Crippen LogP contribution in [0.4, 0.5) is 5.69 Å². The molecule has 0 saturated heterocycles. The first-order valence-electron chi connectivity index (χ1n) is 4.89. The molecule has 0 radical (unpaired) electrons. The van der Waals surface area contributed by atoms with Crippen molar-refractivity contribution in [2.24, 2.45) is 0 Å². The number of nitrogens with one attached hydrogen (secondary N) is 1. The average molecular weight is 216 g/mol. The lowest BCUT2D eigenvalue weighted by Gasteiger charge is -2.16. The summed E-state index contributed by atoms with van der Waals surface area (Å²) < 4.78 is 0. The largest absolute Gasteiger partial charge is 0.508 e. The maximum absolute atomic E-state index is 11.9. The first-order chi connectivity index (χ1) is 7.68. The van der Waals surface area contributed by atoms with E-state index in [1.54, 1.807) is 49.6 Å². The molecule has 1 aromatic carbocycles. The van der Waals surface area contributed by atoms with Crippen molar-refractivity contribution in [1.82, 2.24) is 4.98 Å². The monoisotopic (exact) mass is 216 g/mol. The molecular weight excluding hydrogens is 204 g/mol. The van der Waals surface area contributed by atoms with Crippen LogP contribution in [-0.4, -0.2) is 23.0 Å². The van der Waals surface area contributed by atoms with Crippen LogP contribution >= 0.6 is 0 Å². The molecule has 0 saturated carbocycles. The molecule has 1 heterocycles. The van der Waals surface area contributed by atoms with Gasteiger partial charge in [0.1, 0.15) is 11.4 Å². The zero-order chi connectivity index (χ0) is 11.5. The smallest absolute Gasteiger partial charge is 0.274 e. The highest BCUT2D eigenvalue weighted by Gasteiger charge is 2.13. The molecule has 0 aliphatic carbocycles. The van der Waals surface area contributed by atoms with Crippen molar-refractivity contribution in [3.63, 3.8) is 0 Å². The predicted molar refractivity (Wildman–Crippen MR) is 61.6 cm³/mol. The summed E-state index contributed by atoms with van der Waals surface area (Å²) >= 11 is 0. The van der Waals surface area contributed by atoms with Crippen LogP contribution < -0.4 is 4.90 Å². The van der Waals surface area contributed by atoms with Gasteiger partial charge in [0.2, 0.25) is 0 Å². The Morgan fingerprint density at radius 3 is 2.75 bits per heavy atom. The number of aromatic nitrogens is 1. The maximum Gasteiger partial charge on any atom is 0.274 e. The Labute approximate surface area is 93.1 Å². The van der Waals surface area contributed by atoms with Gasteiger partial charge in [-0.25, -0.2) is 0 Å². The van der Waals surface area contributed by atoms with Crippen molar-refractivity contribution in [2.45, 2.75) is 0 Å². The van der Waals surface area contributed by atoms with Gasteiger partial charge in [0.15, 0.2) is 0 Å². The Hall–Kier alpha value is -2.23. The third-order valence-electron chi connectivity index (χ3n) is 2.35. The molecule has 1 aromatic heterocycles. The fraction of sp³-hybridized carbons (Fsp3) is 0.0833. The number of hydrogen-bond donors (Lipinski definition) is 2. The molecular formula is C12H12N2O2. The number of amides is 1. The van der Waals surface area contributed by atoms with Gasteiger partial charge in [-0.05, 0) is 24.3 Å². The summed E-state index contributed by atoms with van der Waals surface area (Å²) in [4.78, 5) is 16.3. The van der Waals surface area contributed by atoms with Crippen molar-refractivity contribution < 1.29 is 9.90 Å². The highest BCUT2D eigenvalue weighted by molar-refractivity contribution is 6.04. The van der Waals surface area contributed by atoms with Crippen LogP contribution in [0, 0.1) is 0 Å². The Morgan fingerprint density at radius 2 is 2.12 bits per heavy atom. The van der Waals surface area contributed by atoms with Gasteiger partial charge in [0.05, 0.1) is 0 Å². The number of aromatic hydroxyl groups is 1. The van der Waals surface area contributed by atoms with E-state index in [1.807, 2.05) is 0 Å². The summed E-state index contributed by atoms with van der Waals surface area (Å²) in [7, 11) is 1.66. The Bertz CT molecular complexity index is 491. The molecule has 0 bridgehead atoms. The normalized spacial score (nSPS) is 10.1. The summed E-state index contributed by atoms with van der Waals surface area (Å²) in [6.45, 7) is 0. The molecule has 82 valence electrons.